The maximum Gasteiger partial charge on any atom is 0.346 e. The molecular formula is C52H76O16S2. The molecule has 1 aromatic carbocycles. The zero-order valence-corrected chi connectivity index (χ0v) is 44.6. The standard InChI is InChI=1S/C52H76O16S2/c1-14-17-28-61-43(57)50-41(64-38(54)25-24-33(5)30-32(4)16-3)40(65-48(12,13)66-47(9,10)11)49(67-50,27-26-34(6)39(63-36(8)53)35(7)31-37-22-20-19-21-23-37)68-51(42(55)56,45-69-46(59)70-45)52(50,60)44(58)62-29-18-15-2/h19-25,32-33,35,39-41,45,60H,6,14-18,26-31H2,1-5,7-13H3,(H,55,56)/b25-24+/t32-,33+,35-,39+,40+,41+,49-,50-,51-,52-/m0/s1. The highest BCUT2D eigenvalue weighted by atomic mass is 32.3. The van der Waals surface area contributed by atoms with Gasteiger partial charge in [-0.3, -0.25) is 9.59 Å². The van der Waals surface area contributed by atoms with Crippen LogP contribution in [0.15, 0.2) is 54.6 Å². The molecule has 392 valence electrons. The number of thioether (sulfide) groups is 2. The Bertz CT molecular complexity index is 2050. The number of allylic oxidation sites excluding steroid dienone is 1. The van der Waals surface area contributed by atoms with Crippen LogP contribution in [0.1, 0.15) is 140 Å². The normalized spacial score (nSPS) is 27.5. The van der Waals surface area contributed by atoms with Gasteiger partial charge in [0.05, 0.1) is 18.8 Å². The molecule has 0 unspecified atom stereocenters. The van der Waals surface area contributed by atoms with E-state index in [4.69, 9.17) is 37.9 Å². The molecule has 18 heteroatoms. The molecule has 3 aliphatic heterocycles. The predicted octanol–water partition coefficient (Wildman–Crippen LogP) is 9.27. The predicted molar refractivity (Wildman–Crippen MR) is 264 cm³/mol. The topological polar surface area (TPSA) is 217 Å². The molecule has 4 rings (SSSR count). The Labute approximate surface area is 422 Å². The lowest BCUT2D eigenvalue weighted by atomic mass is 9.68. The van der Waals surface area contributed by atoms with Gasteiger partial charge in [0.1, 0.15) is 10.7 Å². The molecule has 0 amide bonds. The maximum atomic E-state index is 15.5. The van der Waals surface area contributed by atoms with E-state index in [1.165, 1.54) is 20.8 Å². The van der Waals surface area contributed by atoms with Gasteiger partial charge in [0.2, 0.25) is 21.4 Å². The lowest BCUT2D eigenvalue weighted by Gasteiger charge is -2.58. The van der Waals surface area contributed by atoms with Crippen LogP contribution in [0, 0.1) is 17.8 Å². The number of hydrogen-bond acceptors (Lipinski definition) is 17. The van der Waals surface area contributed by atoms with Crippen LogP contribution in [0.25, 0.3) is 0 Å². The highest BCUT2D eigenvalue weighted by Gasteiger charge is 2.93. The monoisotopic (exact) mass is 1020 g/mol. The minimum absolute atomic E-state index is 0.133. The fourth-order valence-corrected chi connectivity index (χ4v) is 11.5. The van der Waals surface area contributed by atoms with Crippen molar-refractivity contribution >= 4 is 57.8 Å². The van der Waals surface area contributed by atoms with Gasteiger partial charge in [0, 0.05) is 25.3 Å². The number of esters is 4. The van der Waals surface area contributed by atoms with Gasteiger partial charge in [-0.2, -0.15) is 0 Å². The molecule has 0 spiro atoms. The second kappa shape index (κ2) is 24.3. The molecule has 3 saturated heterocycles. The Hall–Kier alpha value is -3.78. The third-order valence-electron chi connectivity index (χ3n) is 12.6. The van der Waals surface area contributed by atoms with Crippen molar-refractivity contribution in [3.05, 3.63) is 60.2 Å². The van der Waals surface area contributed by atoms with E-state index in [-0.39, 0.29) is 44.3 Å². The van der Waals surface area contributed by atoms with E-state index < -0.39 is 97.6 Å². The van der Waals surface area contributed by atoms with Gasteiger partial charge in [0.15, 0.2) is 18.0 Å². The lowest BCUT2D eigenvalue weighted by Crippen LogP contribution is -2.86. The Morgan fingerprint density at radius 2 is 1.47 bits per heavy atom. The largest absolute Gasteiger partial charge is 0.479 e. The fourth-order valence-electron chi connectivity index (χ4n) is 9.37. The van der Waals surface area contributed by atoms with Gasteiger partial charge in [-0.05, 0) is 89.7 Å². The number of rotatable bonds is 27. The number of carboxylic acids is 1. The summed E-state index contributed by atoms with van der Waals surface area (Å²) in [5, 5.41) is 25.4. The minimum Gasteiger partial charge on any atom is -0.479 e. The first-order valence-corrected chi connectivity index (χ1v) is 26.2. The molecule has 2 bridgehead atoms. The van der Waals surface area contributed by atoms with Crippen molar-refractivity contribution in [2.24, 2.45) is 17.8 Å². The number of benzene rings is 1. The highest BCUT2D eigenvalue weighted by Crippen LogP contribution is 2.66. The van der Waals surface area contributed by atoms with E-state index in [2.05, 4.69) is 20.4 Å². The average Bonchev–Trinajstić information content (AvgIpc) is 3.49. The molecule has 0 aromatic heterocycles. The van der Waals surface area contributed by atoms with Gasteiger partial charge in [-0.15, -0.1) is 0 Å². The lowest BCUT2D eigenvalue weighted by molar-refractivity contribution is -0.411. The molecule has 0 aliphatic carbocycles. The minimum atomic E-state index is -3.79. The van der Waals surface area contributed by atoms with Gasteiger partial charge in [-0.1, -0.05) is 127 Å². The number of hydrogen-bond donors (Lipinski definition) is 2. The summed E-state index contributed by atoms with van der Waals surface area (Å²) < 4.78 is 48.5. The molecule has 3 fully saturated rings. The molecule has 1 aromatic rings. The van der Waals surface area contributed by atoms with Crippen molar-refractivity contribution in [2.75, 3.05) is 13.2 Å². The van der Waals surface area contributed by atoms with E-state index in [1.807, 2.05) is 51.1 Å². The average molecular weight is 1020 g/mol. The number of ether oxygens (including phenoxy) is 8. The van der Waals surface area contributed by atoms with Crippen molar-refractivity contribution in [1.82, 2.24) is 0 Å². The first kappa shape index (κ1) is 58.8. The van der Waals surface area contributed by atoms with Crippen molar-refractivity contribution in [3.8, 4) is 0 Å². The van der Waals surface area contributed by atoms with Crippen LogP contribution in [0.5, 0.6) is 0 Å². The first-order chi connectivity index (χ1) is 32.7. The zero-order valence-electron chi connectivity index (χ0n) is 43.0. The molecule has 0 radical (unpaired) electrons. The molecule has 3 heterocycles. The molecule has 3 aliphatic rings. The maximum absolute atomic E-state index is 15.5. The van der Waals surface area contributed by atoms with Gasteiger partial charge in [0.25, 0.3) is 5.60 Å². The second-order valence-electron chi connectivity index (χ2n) is 20.3. The number of fused-ring (bicyclic) bond motifs is 2. The summed E-state index contributed by atoms with van der Waals surface area (Å²) >= 11 is 0.904. The smallest absolute Gasteiger partial charge is 0.346 e. The van der Waals surface area contributed by atoms with Crippen LogP contribution in [-0.4, -0.2) is 115 Å². The Kier molecular flexibility index (Phi) is 20.4. The molecule has 70 heavy (non-hydrogen) atoms. The molecular weight excluding hydrogens is 945 g/mol. The van der Waals surface area contributed by atoms with Crippen molar-refractivity contribution in [3.63, 3.8) is 0 Å². The number of carboxylic acid groups (broad SMARTS) is 1. The number of aliphatic hydroxyl groups is 1. The van der Waals surface area contributed by atoms with E-state index in [9.17, 15) is 29.4 Å². The van der Waals surface area contributed by atoms with Crippen LogP contribution in [0.2, 0.25) is 0 Å². The number of unbranched alkanes of at least 4 members (excludes halogenated alkanes) is 2. The quantitative estimate of drug-likeness (QED) is 0.0210. The fraction of sp³-hybridized carbons (Fsp3) is 0.692. The summed E-state index contributed by atoms with van der Waals surface area (Å²) in [6, 6.07) is 9.50. The van der Waals surface area contributed by atoms with E-state index in [0.717, 1.165) is 18.1 Å². The van der Waals surface area contributed by atoms with Gasteiger partial charge >= 0.3 is 29.8 Å². The Morgan fingerprint density at radius 1 is 0.886 bits per heavy atom. The molecule has 2 N–H and O–H groups in total. The van der Waals surface area contributed by atoms with Crippen LogP contribution in [0.3, 0.4) is 0 Å². The van der Waals surface area contributed by atoms with Crippen LogP contribution in [-0.2, 0) is 68.3 Å². The zero-order chi connectivity index (χ0) is 52.5. The van der Waals surface area contributed by atoms with E-state index in [1.54, 1.807) is 33.8 Å². The summed E-state index contributed by atoms with van der Waals surface area (Å²) in [5.74, 6) is -11.4. The Morgan fingerprint density at radius 3 is 2.00 bits per heavy atom. The number of carbonyl (C=O) groups excluding carboxylic acids is 5. The van der Waals surface area contributed by atoms with Crippen LogP contribution < -0.4 is 0 Å². The summed E-state index contributed by atoms with van der Waals surface area (Å²) in [7, 11) is 0. The van der Waals surface area contributed by atoms with Crippen molar-refractivity contribution < 1.29 is 76.9 Å². The summed E-state index contributed by atoms with van der Waals surface area (Å²) in [6.07, 6.45) is 0.519. The van der Waals surface area contributed by atoms with Gasteiger partial charge in [-0.25, -0.2) is 19.2 Å². The van der Waals surface area contributed by atoms with Crippen LogP contribution in [0.4, 0.5) is 4.79 Å². The Balaban J connectivity index is 2.11. The summed E-state index contributed by atoms with van der Waals surface area (Å²) in [6.45, 7) is 24.8. The molecule has 0 saturated carbocycles. The first-order valence-electron chi connectivity index (χ1n) is 24.4. The molecule has 16 nitrogen and oxygen atoms in total. The number of aliphatic carboxylic acids is 1. The SMILES string of the molecule is C=C(CC[C@@]12O[C@](C(=O)OCCCC)([C@H](OC(=O)/C=C/[C@@H](C)C[C@@H](C)CC)[C@H]1OC(C)(C)OC(C)(C)C)[C@@](O)(C(=O)OCCCC)[C@](C(=O)O)(C1SC(=O)S1)O2)[C@@H](OC(C)=O)[C@@H](C)Cc1ccccc1. The third-order valence-corrected chi connectivity index (χ3v) is 15.2. The van der Waals surface area contributed by atoms with Crippen molar-refractivity contribution in [2.45, 2.75) is 198 Å². The van der Waals surface area contributed by atoms with E-state index in [0.29, 0.717) is 60.7 Å². The number of carbonyl (C=O) groups is 6. The highest BCUT2D eigenvalue weighted by molar-refractivity contribution is 8.53. The second-order valence-corrected chi connectivity index (χ2v) is 23.0. The third kappa shape index (κ3) is 13.1. The van der Waals surface area contributed by atoms with Crippen LogP contribution >= 0.6 is 23.5 Å². The molecule has 10 atom stereocenters. The van der Waals surface area contributed by atoms with Crippen molar-refractivity contribution in [1.29, 1.82) is 0 Å². The van der Waals surface area contributed by atoms with E-state index >= 15 is 9.59 Å². The summed E-state index contributed by atoms with van der Waals surface area (Å²) in [4.78, 5) is 85.2. The summed E-state index contributed by atoms with van der Waals surface area (Å²) in [5.41, 5.74) is -10.1. The van der Waals surface area contributed by atoms with Gasteiger partial charge < -0.3 is 48.1 Å².